The van der Waals surface area contributed by atoms with E-state index in [1.165, 1.54) is 6.07 Å². The van der Waals surface area contributed by atoms with E-state index in [0.29, 0.717) is 23.4 Å². The zero-order chi connectivity index (χ0) is 26.1. The number of ether oxygens (including phenoxy) is 1. The molecule has 188 valence electrons. The summed E-state index contributed by atoms with van der Waals surface area (Å²) >= 11 is 0. The summed E-state index contributed by atoms with van der Waals surface area (Å²) < 4.78 is 6.44. The van der Waals surface area contributed by atoms with Crippen LogP contribution in [-0.2, 0) is 0 Å². The minimum Gasteiger partial charge on any atom is -0.478 e. The van der Waals surface area contributed by atoms with Crippen LogP contribution in [0.2, 0.25) is 0 Å². The molecular formula is C30H34N2O4. The van der Waals surface area contributed by atoms with Crippen molar-refractivity contribution in [3.05, 3.63) is 81.6 Å². The number of carbonyl (C=O) groups excluding carboxylic acids is 1. The molecular weight excluding hydrogens is 452 g/mol. The number of carboxylic acids is 1. The summed E-state index contributed by atoms with van der Waals surface area (Å²) in [6.45, 7) is 13.2. The minimum atomic E-state index is -1.05. The standard InChI is InChI=1S/C30H34N2O4/c1-7-31-24-14-26-22(11-17(24)5)28(23-12-18(6)25(32-8-2)15-27(23)36-26)20-10-9-19(29(33)16(3)4)13-21(20)30(34)35/h9-16,22,28,32H,7-8H2,1-6H3,(H,34,35)/b31-24-. The van der Waals surface area contributed by atoms with Crippen molar-refractivity contribution in [3.63, 3.8) is 0 Å². The van der Waals surface area contributed by atoms with Crippen LogP contribution in [0.25, 0.3) is 0 Å². The molecule has 2 aromatic rings. The van der Waals surface area contributed by atoms with Gasteiger partial charge in [0.1, 0.15) is 11.5 Å². The summed E-state index contributed by atoms with van der Waals surface area (Å²) in [6.07, 6.45) is 4.10. The lowest BCUT2D eigenvalue weighted by Gasteiger charge is -2.37. The Bertz CT molecular complexity index is 1320. The molecule has 0 bridgehead atoms. The molecule has 1 aliphatic heterocycles. The first-order chi connectivity index (χ1) is 17.2. The predicted octanol–water partition coefficient (Wildman–Crippen LogP) is 6.41. The largest absolute Gasteiger partial charge is 0.478 e. The lowest BCUT2D eigenvalue weighted by atomic mass is 9.73. The maximum absolute atomic E-state index is 12.7. The van der Waals surface area contributed by atoms with Gasteiger partial charge in [-0.05, 0) is 56.5 Å². The monoisotopic (exact) mass is 486 g/mol. The second kappa shape index (κ2) is 10.1. The summed E-state index contributed by atoms with van der Waals surface area (Å²) in [6, 6.07) is 9.18. The Labute approximate surface area is 212 Å². The van der Waals surface area contributed by atoms with Gasteiger partial charge in [-0.15, -0.1) is 0 Å². The predicted molar refractivity (Wildman–Crippen MR) is 144 cm³/mol. The van der Waals surface area contributed by atoms with E-state index in [1.54, 1.807) is 6.07 Å². The van der Waals surface area contributed by atoms with E-state index in [4.69, 9.17) is 4.74 Å². The van der Waals surface area contributed by atoms with E-state index in [9.17, 15) is 14.7 Å². The number of carboxylic acid groups (broad SMARTS) is 1. The van der Waals surface area contributed by atoms with Crippen molar-refractivity contribution >= 4 is 23.2 Å². The van der Waals surface area contributed by atoms with Crippen molar-refractivity contribution in [2.75, 3.05) is 18.4 Å². The average molecular weight is 487 g/mol. The van der Waals surface area contributed by atoms with Crippen LogP contribution in [-0.4, -0.2) is 35.7 Å². The molecule has 1 heterocycles. The van der Waals surface area contributed by atoms with Gasteiger partial charge < -0.3 is 15.2 Å². The molecule has 2 unspecified atom stereocenters. The summed E-state index contributed by atoms with van der Waals surface area (Å²) in [5.41, 5.74) is 6.11. The zero-order valence-electron chi connectivity index (χ0n) is 21.8. The van der Waals surface area contributed by atoms with Crippen LogP contribution in [0.1, 0.15) is 77.9 Å². The van der Waals surface area contributed by atoms with Crippen molar-refractivity contribution in [1.82, 2.24) is 0 Å². The number of carbonyl (C=O) groups is 2. The Morgan fingerprint density at radius 3 is 2.50 bits per heavy atom. The number of hydrogen-bond acceptors (Lipinski definition) is 5. The number of benzene rings is 2. The molecule has 0 spiro atoms. The number of Topliss-reactive ketones (excluding diaryl/α,β-unsaturated/α-hetero) is 1. The van der Waals surface area contributed by atoms with Gasteiger partial charge >= 0.3 is 5.97 Å². The molecule has 1 aliphatic carbocycles. The highest BCUT2D eigenvalue weighted by molar-refractivity contribution is 6.09. The van der Waals surface area contributed by atoms with Crippen molar-refractivity contribution in [2.45, 2.75) is 47.5 Å². The molecule has 6 nitrogen and oxygen atoms in total. The Hall–Kier alpha value is -3.67. The third kappa shape index (κ3) is 4.60. The third-order valence-corrected chi connectivity index (χ3v) is 6.84. The van der Waals surface area contributed by atoms with E-state index in [0.717, 1.165) is 40.4 Å². The fraction of sp³-hybridized carbons (Fsp3) is 0.367. The molecule has 2 N–H and O–H groups in total. The molecule has 0 fully saturated rings. The SMILES string of the molecule is CC/N=C1/C=C2Oc3cc(NCC)c(C)cc3C(c3ccc(C(=O)C(C)C)cc3C(=O)O)C2C=C1C. The van der Waals surface area contributed by atoms with E-state index in [1.807, 2.05) is 59.8 Å². The number of ketones is 1. The second-order valence-electron chi connectivity index (χ2n) is 9.72. The highest BCUT2D eigenvalue weighted by atomic mass is 16.5. The van der Waals surface area contributed by atoms with Crippen LogP contribution >= 0.6 is 0 Å². The smallest absolute Gasteiger partial charge is 0.336 e. The Balaban J connectivity index is 1.96. The van der Waals surface area contributed by atoms with Gasteiger partial charge in [-0.3, -0.25) is 9.79 Å². The molecule has 2 aliphatic rings. The molecule has 0 aromatic heterocycles. The maximum atomic E-state index is 12.7. The minimum absolute atomic E-state index is 0.0723. The van der Waals surface area contributed by atoms with Crippen molar-refractivity contribution in [2.24, 2.45) is 16.8 Å². The number of fused-ring (bicyclic) bond motifs is 2. The summed E-state index contributed by atoms with van der Waals surface area (Å²) in [7, 11) is 0. The molecule has 2 aromatic carbocycles. The van der Waals surface area contributed by atoms with Gasteiger partial charge in [0.25, 0.3) is 0 Å². The lowest BCUT2D eigenvalue weighted by molar-refractivity contribution is 0.0695. The number of aromatic carboxylic acids is 1. The number of anilines is 1. The third-order valence-electron chi connectivity index (χ3n) is 6.84. The number of aryl methyl sites for hydroxylation is 1. The van der Waals surface area contributed by atoms with E-state index in [2.05, 4.69) is 22.5 Å². The van der Waals surface area contributed by atoms with Crippen molar-refractivity contribution in [3.8, 4) is 5.75 Å². The van der Waals surface area contributed by atoms with E-state index < -0.39 is 5.97 Å². The van der Waals surface area contributed by atoms with Gasteiger partial charge in [-0.25, -0.2) is 4.79 Å². The second-order valence-corrected chi connectivity index (χ2v) is 9.72. The number of nitrogens with one attached hydrogen (secondary N) is 1. The molecule has 2 atom stereocenters. The summed E-state index contributed by atoms with van der Waals surface area (Å²) in [4.78, 5) is 29.8. The first-order valence-electron chi connectivity index (χ1n) is 12.6. The molecule has 0 saturated heterocycles. The van der Waals surface area contributed by atoms with Crippen LogP contribution < -0.4 is 10.1 Å². The van der Waals surface area contributed by atoms with Crippen LogP contribution in [0.3, 0.4) is 0 Å². The van der Waals surface area contributed by atoms with E-state index >= 15 is 0 Å². The fourth-order valence-electron chi connectivity index (χ4n) is 5.08. The number of allylic oxidation sites excluding steroid dienone is 3. The molecule has 0 amide bonds. The summed E-state index contributed by atoms with van der Waals surface area (Å²) in [5.74, 6) is -0.376. The number of aliphatic imine (C=N–C) groups is 1. The van der Waals surface area contributed by atoms with E-state index in [-0.39, 0.29) is 29.1 Å². The quantitative estimate of drug-likeness (QED) is 0.442. The topological polar surface area (TPSA) is 88.0 Å². The molecule has 36 heavy (non-hydrogen) atoms. The van der Waals surface area contributed by atoms with Crippen LogP contribution in [0.15, 0.2) is 58.8 Å². The normalized spacial score (nSPS) is 19.7. The summed E-state index contributed by atoms with van der Waals surface area (Å²) in [5, 5.41) is 13.6. The Morgan fingerprint density at radius 1 is 1.11 bits per heavy atom. The highest BCUT2D eigenvalue weighted by Crippen LogP contribution is 2.50. The Morgan fingerprint density at radius 2 is 1.86 bits per heavy atom. The van der Waals surface area contributed by atoms with Gasteiger partial charge in [0.2, 0.25) is 0 Å². The molecule has 4 rings (SSSR count). The van der Waals surface area contributed by atoms with Crippen LogP contribution in [0.4, 0.5) is 5.69 Å². The van der Waals surface area contributed by atoms with Crippen molar-refractivity contribution < 1.29 is 19.4 Å². The van der Waals surface area contributed by atoms with Gasteiger partial charge in [0, 0.05) is 59.8 Å². The van der Waals surface area contributed by atoms with Gasteiger partial charge in [0.05, 0.1) is 11.3 Å². The maximum Gasteiger partial charge on any atom is 0.336 e. The van der Waals surface area contributed by atoms with Gasteiger partial charge in [-0.2, -0.15) is 0 Å². The molecule has 6 heteroatoms. The van der Waals surface area contributed by atoms with Crippen molar-refractivity contribution in [1.29, 1.82) is 0 Å². The average Bonchev–Trinajstić information content (AvgIpc) is 2.83. The number of nitrogens with zero attached hydrogens (tertiary/aromatic N) is 1. The Kier molecular flexibility index (Phi) is 7.16. The first kappa shape index (κ1) is 25.4. The highest BCUT2D eigenvalue weighted by Gasteiger charge is 2.39. The van der Waals surface area contributed by atoms with Gasteiger partial charge in [0.15, 0.2) is 5.78 Å². The lowest BCUT2D eigenvalue weighted by Crippen LogP contribution is -2.29. The molecule has 0 saturated carbocycles. The van der Waals surface area contributed by atoms with Gasteiger partial charge in [-0.1, -0.05) is 32.1 Å². The molecule has 0 radical (unpaired) electrons. The number of rotatable bonds is 7. The first-order valence-corrected chi connectivity index (χ1v) is 12.6. The number of hydrogen-bond donors (Lipinski definition) is 2. The zero-order valence-corrected chi connectivity index (χ0v) is 21.8. The fourth-order valence-corrected chi connectivity index (χ4v) is 5.08. The van der Waals surface area contributed by atoms with Crippen LogP contribution in [0.5, 0.6) is 5.75 Å². The van der Waals surface area contributed by atoms with Crippen LogP contribution in [0, 0.1) is 18.8 Å².